The molecule has 0 unspecified atom stereocenters. The van der Waals surface area contributed by atoms with Crippen LogP contribution in [0.1, 0.15) is 30.0 Å². The van der Waals surface area contributed by atoms with Crippen LogP contribution in [0.5, 0.6) is 0 Å². The Hall–Kier alpha value is -1.28. The van der Waals surface area contributed by atoms with Gasteiger partial charge in [0.2, 0.25) is 0 Å². The lowest BCUT2D eigenvalue weighted by atomic mass is 10.0. The van der Waals surface area contributed by atoms with Gasteiger partial charge in [-0.25, -0.2) is 0 Å². The van der Waals surface area contributed by atoms with Crippen molar-refractivity contribution in [2.24, 2.45) is 0 Å². The van der Waals surface area contributed by atoms with Crippen LogP contribution in [-0.4, -0.2) is 22.3 Å². The topological polar surface area (TPSA) is 28.7 Å². The normalized spacial score (nSPS) is 18.2. The number of aromatic amines is 1. The summed E-state index contributed by atoms with van der Waals surface area (Å²) >= 11 is 0. The van der Waals surface area contributed by atoms with Crippen molar-refractivity contribution < 1.29 is 30.7 Å². The molecule has 0 saturated heterocycles. The number of hydrogen-bond acceptors (Lipinski definition) is 1. The molecule has 0 aliphatic heterocycles. The monoisotopic (exact) mass is 276 g/mol. The molecule has 0 amide bonds. The van der Waals surface area contributed by atoms with Gasteiger partial charge in [0.05, 0.1) is 11.8 Å². The van der Waals surface area contributed by atoms with E-state index in [9.17, 15) is 30.7 Å². The highest BCUT2D eigenvalue weighted by molar-refractivity contribution is 5.30. The predicted molar refractivity (Wildman–Crippen MR) is 45.5 cm³/mol. The maximum Gasteiger partial charge on any atom is 0.460 e. The molecule has 0 radical (unpaired) electrons. The number of nitrogens with zero attached hydrogens (tertiary/aromatic N) is 1. The average Bonchev–Trinajstić information content (AvgIpc) is 2.93. The van der Waals surface area contributed by atoms with E-state index in [1.165, 1.54) is 0 Å². The van der Waals surface area contributed by atoms with Crippen LogP contribution in [0.3, 0.4) is 0 Å². The Kier molecular flexibility index (Phi) is 2.64. The molecule has 18 heavy (non-hydrogen) atoms. The molecule has 1 aliphatic carbocycles. The molecule has 1 aliphatic rings. The Bertz CT molecular complexity index is 444. The van der Waals surface area contributed by atoms with E-state index in [1.807, 2.05) is 0 Å². The Morgan fingerprint density at radius 2 is 1.61 bits per heavy atom. The van der Waals surface area contributed by atoms with Crippen molar-refractivity contribution in [2.45, 2.75) is 36.8 Å². The van der Waals surface area contributed by atoms with Gasteiger partial charge < -0.3 is 0 Å². The molecule has 1 heterocycles. The van der Waals surface area contributed by atoms with Gasteiger partial charge in [0.25, 0.3) is 0 Å². The second-order valence-corrected chi connectivity index (χ2v) is 4.12. The van der Waals surface area contributed by atoms with E-state index in [4.69, 9.17) is 0 Å². The Balaban J connectivity index is 2.44. The van der Waals surface area contributed by atoms with E-state index in [0.717, 1.165) is 0 Å². The van der Waals surface area contributed by atoms with Gasteiger partial charge in [-0.05, 0) is 12.8 Å². The molecule has 102 valence electrons. The number of alkyl halides is 7. The van der Waals surface area contributed by atoms with Crippen LogP contribution in [0.15, 0.2) is 6.20 Å². The second-order valence-electron chi connectivity index (χ2n) is 4.12. The minimum Gasteiger partial charge on any atom is -0.282 e. The molecular weight excluding hydrogens is 269 g/mol. The summed E-state index contributed by atoms with van der Waals surface area (Å²) in [4.78, 5) is 0. The number of halogens is 7. The SMILES string of the molecule is FC(F)(F)C(F)(F)C(F)(F)c1cn[nH]c1C1CC1. The summed E-state index contributed by atoms with van der Waals surface area (Å²) in [5.74, 6) is -11.9. The van der Waals surface area contributed by atoms with Crippen LogP contribution in [-0.2, 0) is 5.92 Å². The molecule has 9 heteroatoms. The van der Waals surface area contributed by atoms with Crippen molar-refractivity contribution in [2.75, 3.05) is 0 Å². The van der Waals surface area contributed by atoms with Crippen LogP contribution in [0.2, 0.25) is 0 Å². The predicted octanol–water partition coefficient (Wildman–Crippen LogP) is 3.58. The van der Waals surface area contributed by atoms with E-state index >= 15 is 0 Å². The first-order chi connectivity index (χ1) is 8.09. The van der Waals surface area contributed by atoms with Gasteiger partial charge in [-0.3, -0.25) is 5.10 Å². The van der Waals surface area contributed by atoms with E-state index in [2.05, 4.69) is 10.2 Å². The Labute approximate surface area is 96.2 Å². The zero-order valence-electron chi connectivity index (χ0n) is 8.66. The molecule has 0 spiro atoms. The highest BCUT2D eigenvalue weighted by atomic mass is 19.4. The number of H-pyrrole nitrogens is 1. The maximum atomic E-state index is 13.4. The van der Waals surface area contributed by atoms with Gasteiger partial charge in [-0.15, -0.1) is 0 Å². The first-order valence-electron chi connectivity index (χ1n) is 4.95. The second kappa shape index (κ2) is 3.61. The fraction of sp³-hybridized carbons (Fsp3) is 0.667. The summed E-state index contributed by atoms with van der Waals surface area (Å²) < 4.78 is 88.4. The standard InChI is InChI=1S/C9H7F7N2/c10-7(11,8(12,13)9(14,15)16)5-3-17-18-6(5)4-1-2-4/h3-4H,1-2H2,(H,17,18). The minimum atomic E-state index is -6.32. The first kappa shape index (κ1) is 13.2. The number of aromatic nitrogens is 2. The van der Waals surface area contributed by atoms with Gasteiger partial charge >= 0.3 is 18.0 Å². The van der Waals surface area contributed by atoms with Gasteiger partial charge in [-0.2, -0.15) is 35.8 Å². The Morgan fingerprint density at radius 1 is 1.06 bits per heavy atom. The summed E-state index contributed by atoms with van der Waals surface area (Å²) in [5.41, 5.74) is -1.73. The molecule has 0 aromatic carbocycles. The molecule has 1 aromatic heterocycles. The molecule has 1 fully saturated rings. The summed E-state index contributed by atoms with van der Waals surface area (Å²) in [6.45, 7) is 0. The summed E-state index contributed by atoms with van der Waals surface area (Å²) in [6.07, 6.45) is -5.08. The summed E-state index contributed by atoms with van der Waals surface area (Å²) in [7, 11) is 0. The van der Waals surface area contributed by atoms with Crippen molar-refractivity contribution in [3.8, 4) is 0 Å². The lowest BCUT2D eigenvalue weighted by Gasteiger charge is -2.28. The summed E-state index contributed by atoms with van der Waals surface area (Å²) in [6, 6.07) is 0. The van der Waals surface area contributed by atoms with Gasteiger partial charge in [-0.1, -0.05) is 0 Å². The molecule has 1 N–H and O–H groups in total. The third kappa shape index (κ3) is 1.76. The van der Waals surface area contributed by atoms with Gasteiger partial charge in [0.15, 0.2) is 0 Å². The molecular formula is C9H7F7N2. The van der Waals surface area contributed by atoms with Crippen molar-refractivity contribution in [1.82, 2.24) is 10.2 Å². The van der Waals surface area contributed by atoms with Crippen LogP contribution in [0.25, 0.3) is 0 Å². The van der Waals surface area contributed by atoms with E-state index in [0.29, 0.717) is 19.0 Å². The highest BCUT2D eigenvalue weighted by Crippen LogP contribution is 2.54. The molecule has 1 aromatic rings. The van der Waals surface area contributed by atoms with Crippen molar-refractivity contribution >= 4 is 0 Å². The smallest absolute Gasteiger partial charge is 0.282 e. The first-order valence-corrected chi connectivity index (χ1v) is 4.95. The quantitative estimate of drug-likeness (QED) is 0.840. The van der Waals surface area contributed by atoms with Crippen molar-refractivity contribution in [1.29, 1.82) is 0 Å². The van der Waals surface area contributed by atoms with E-state index in [1.54, 1.807) is 0 Å². The van der Waals surface area contributed by atoms with Crippen LogP contribution < -0.4 is 0 Å². The minimum absolute atomic E-state index is 0.327. The fourth-order valence-electron chi connectivity index (χ4n) is 1.58. The molecule has 1 saturated carbocycles. The Morgan fingerprint density at radius 3 is 2.06 bits per heavy atom. The fourth-order valence-corrected chi connectivity index (χ4v) is 1.58. The van der Waals surface area contributed by atoms with Crippen LogP contribution in [0, 0.1) is 0 Å². The van der Waals surface area contributed by atoms with Gasteiger partial charge in [0, 0.05) is 11.6 Å². The van der Waals surface area contributed by atoms with Crippen LogP contribution in [0.4, 0.5) is 30.7 Å². The number of hydrogen-bond donors (Lipinski definition) is 1. The zero-order chi connectivity index (χ0) is 13.8. The lowest BCUT2D eigenvalue weighted by molar-refractivity contribution is -0.359. The lowest BCUT2D eigenvalue weighted by Crippen LogP contribution is -2.50. The zero-order valence-corrected chi connectivity index (χ0v) is 8.66. The third-order valence-corrected chi connectivity index (χ3v) is 2.74. The number of rotatable bonds is 3. The molecule has 2 nitrogen and oxygen atoms in total. The van der Waals surface area contributed by atoms with Gasteiger partial charge in [0.1, 0.15) is 0 Å². The average molecular weight is 276 g/mol. The third-order valence-electron chi connectivity index (χ3n) is 2.74. The van der Waals surface area contributed by atoms with Crippen molar-refractivity contribution in [3.63, 3.8) is 0 Å². The number of nitrogens with one attached hydrogen (secondary N) is 1. The molecule has 0 bridgehead atoms. The largest absolute Gasteiger partial charge is 0.460 e. The molecule has 0 atom stereocenters. The highest BCUT2D eigenvalue weighted by Gasteiger charge is 2.74. The van der Waals surface area contributed by atoms with Crippen molar-refractivity contribution in [3.05, 3.63) is 17.5 Å². The van der Waals surface area contributed by atoms with E-state index in [-0.39, 0.29) is 5.69 Å². The summed E-state index contributed by atoms with van der Waals surface area (Å²) in [5, 5.41) is 5.21. The maximum absolute atomic E-state index is 13.4. The molecule has 2 rings (SSSR count). The van der Waals surface area contributed by atoms with Crippen LogP contribution >= 0.6 is 0 Å². The van der Waals surface area contributed by atoms with E-state index < -0.39 is 29.5 Å².